The van der Waals surface area contributed by atoms with Crippen molar-refractivity contribution < 1.29 is 39.1 Å². The highest BCUT2D eigenvalue weighted by atomic mass is 16.8. The first kappa shape index (κ1) is 36.2. The monoisotopic (exact) mass is 693 g/mol. The Hall–Kier alpha value is -2.14. The van der Waals surface area contributed by atoms with Gasteiger partial charge in [-0.1, -0.05) is 37.6 Å². The van der Waals surface area contributed by atoms with Crippen LogP contribution in [0.25, 0.3) is 0 Å². The zero-order chi connectivity index (χ0) is 35.6. The topological polar surface area (TPSA) is 127 Å². The van der Waals surface area contributed by atoms with Crippen molar-refractivity contribution in [2.24, 2.45) is 28.2 Å². The summed E-state index contributed by atoms with van der Waals surface area (Å²) in [7, 11) is 0. The van der Waals surface area contributed by atoms with Gasteiger partial charge in [0.05, 0.1) is 24.4 Å². The minimum Gasteiger partial charge on any atom is -0.450 e. The third-order valence-corrected chi connectivity index (χ3v) is 13.5. The Morgan fingerprint density at radius 2 is 1.68 bits per heavy atom. The average molecular weight is 694 g/mol. The van der Waals surface area contributed by atoms with E-state index in [1.165, 1.54) is 0 Å². The fraction of sp³-hybridized carbons (Fsp3) is 0.756. The van der Waals surface area contributed by atoms with Crippen LogP contribution < -0.4 is 0 Å². The Kier molecular flexibility index (Phi) is 9.92. The van der Waals surface area contributed by atoms with Gasteiger partial charge < -0.3 is 34.3 Å². The highest BCUT2D eigenvalue weighted by molar-refractivity contribution is 5.95. The molecule has 276 valence electrons. The lowest BCUT2D eigenvalue weighted by atomic mass is 9.56. The van der Waals surface area contributed by atoms with Crippen LogP contribution >= 0.6 is 0 Å². The zero-order valence-electron chi connectivity index (χ0n) is 30.8. The number of esters is 1. The molecule has 12 atom stereocenters. The molecule has 0 aromatic heterocycles. The van der Waals surface area contributed by atoms with E-state index in [4.69, 9.17) is 23.9 Å². The van der Waals surface area contributed by atoms with Crippen molar-refractivity contribution in [1.82, 2.24) is 0 Å². The number of aliphatic hydroxyl groups is 3. The molecule has 0 amide bonds. The average Bonchev–Trinajstić information content (AvgIpc) is 3.72. The second kappa shape index (κ2) is 13.7. The second-order valence-corrected chi connectivity index (χ2v) is 17.0. The van der Waals surface area contributed by atoms with E-state index < -0.39 is 41.4 Å². The Morgan fingerprint density at radius 1 is 0.880 bits per heavy atom. The van der Waals surface area contributed by atoms with Gasteiger partial charge in [-0.3, -0.25) is 4.99 Å². The minimum absolute atomic E-state index is 0.134. The maximum atomic E-state index is 12.5. The summed E-state index contributed by atoms with van der Waals surface area (Å²) < 4.78 is 25.7. The molecule has 4 bridgehead atoms. The van der Waals surface area contributed by atoms with Crippen LogP contribution in [0.3, 0.4) is 0 Å². The largest absolute Gasteiger partial charge is 0.450 e. The normalized spacial score (nSPS) is 46.0. The molecule has 0 aromatic rings. The first-order chi connectivity index (χ1) is 23.7. The molecule has 7 rings (SSSR count). The van der Waals surface area contributed by atoms with Gasteiger partial charge in [0, 0.05) is 54.8 Å². The molecule has 6 aliphatic heterocycles. The fourth-order valence-electron chi connectivity index (χ4n) is 10.3. The van der Waals surface area contributed by atoms with E-state index in [1.807, 2.05) is 13.0 Å². The molecular weight excluding hydrogens is 634 g/mol. The molecule has 3 N–H and O–H groups in total. The van der Waals surface area contributed by atoms with Crippen molar-refractivity contribution in [3.8, 4) is 0 Å². The van der Waals surface area contributed by atoms with E-state index in [2.05, 4.69) is 33.4 Å². The van der Waals surface area contributed by atoms with Crippen molar-refractivity contribution >= 4 is 11.7 Å². The number of nitrogens with zero attached hydrogens (tertiary/aromatic N) is 1. The maximum absolute atomic E-state index is 12.5. The van der Waals surface area contributed by atoms with Crippen LogP contribution in [0.15, 0.2) is 51.6 Å². The van der Waals surface area contributed by atoms with E-state index in [9.17, 15) is 20.1 Å². The standard InChI is InChI=1S/C41H59NO8/c1-23-7-9-33(43)37-39(21-26(4)27(5)22-42-37)13-12-31(35-19-25(3)38(46)47-35)28(6)32(39)18-24(2)34(44)20-30-11-14-40(48-30)15-16-41(50-40)36(45)10-8-29(17-23)49-41/h18-19,26-27,29-30,32-36,43-45H,1,7-17,20-22H2,2-6H3. The number of carbonyl (C=O) groups is 1. The van der Waals surface area contributed by atoms with Crippen LogP contribution in [0.5, 0.6) is 0 Å². The molecule has 9 heteroatoms. The Balaban J connectivity index is 1.28. The summed E-state index contributed by atoms with van der Waals surface area (Å²) in [6.07, 6.45) is 9.74. The van der Waals surface area contributed by atoms with E-state index in [0.29, 0.717) is 81.7 Å². The molecule has 12 unspecified atom stereocenters. The number of hydrogen-bond acceptors (Lipinski definition) is 9. The van der Waals surface area contributed by atoms with Crippen molar-refractivity contribution in [2.45, 2.75) is 166 Å². The van der Waals surface area contributed by atoms with E-state index in [-0.39, 0.29) is 24.1 Å². The van der Waals surface area contributed by atoms with Crippen molar-refractivity contribution in [1.29, 1.82) is 0 Å². The van der Waals surface area contributed by atoms with Gasteiger partial charge in [-0.25, -0.2) is 4.79 Å². The third-order valence-electron chi connectivity index (χ3n) is 13.5. The van der Waals surface area contributed by atoms with Crippen LogP contribution in [0.4, 0.5) is 0 Å². The lowest BCUT2D eigenvalue weighted by Crippen LogP contribution is -2.52. The summed E-state index contributed by atoms with van der Waals surface area (Å²) in [5.41, 5.74) is 5.14. The van der Waals surface area contributed by atoms with Gasteiger partial charge in [-0.2, -0.15) is 0 Å². The van der Waals surface area contributed by atoms with E-state index in [0.717, 1.165) is 53.7 Å². The van der Waals surface area contributed by atoms with Gasteiger partial charge in [-0.15, -0.1) is 0 Å². The highest BCUT2D eigenvalue weighted by Gasteiger charge is 2.59. The number of allylic oxidation sites excluding steroid dienone is 2. The maximum Gasteiger partial charge on any atom is 0.334 e. The van der Waals surface area contributed by atoms with Crippen LogP contribution in [-0.2, 0) is 23.7 Å². The first-order valence-corrected chi connectivity index (χ1v) is 19.3. The zero-order valence-corrected chi connectivity index (χ0v) is 30.8. The minimum atomic E-state index is -1.09. The molecule has 1 aliphatic carbocycles. The number of aliphatic imine (C=N–C) groups is 1. The van der Waals surface area contributed by atoms with Gasteiger partial charge in [0.2, 0.25) is 0 Å². The van der Waals surface area contributed by atoms with Crippen molar-refractivity contribution in [3.63, 3.8) is 0 Å². The molecule has 6 heterocycles. The highest BCUT2D eigenvalue weighted by Crippen LogP contribution is 2.55. The fourth-order valence-corrected chi connectivity index (χ4v) is 10.3. The molecule has 0 radical (unpaired) electrons. The predicted molar refractivity (Wildman–Crippen MR) is 190 cm³/mol. The summed E-state index contributed by atoms with van der Waals surface area (Å²) in [5.74, 6) is -1.61. The summed E-state index contributed by atoms with van der Waals surface area (Å²) in [6.45, 7) is 15.6. The lowest BCUT2D eigenvalue weighted by molar-refractivity contribution is -0.363. The van der Waals surface area contributed by atoms with Gasteiger partial charge in [0.1, 0.15) is 12.2 Å². The van der Waals surface area contributed by atoms with Crippen LogP contribution in [0.1, 0.15) is 118 Å². The molecule has 3 saturated heterocycles. The smallest absolute Gasteiger partial charge is 0.334 e. The number of cyclic esters (lactones) is 1. The molecule has 50 heavy (non-hydrogen) atoms. The first-order valence-electron chi connectivity index (χ1n) is 19.3. The SMILES string of the molecule is C=C1CCC(O)C2=NCC(C)C(C)CC23CCC(C2C=C(C)C(=O)O2)=C(C)C3C=C(C)C(O)CC2CCC3(CCC4(OC(CCC4O)C1)O3)O2. The number of hydrogen-bond donors (Lipinski definition) is 3. The van der Waals surface area contributed by atoms with Crippen LogP contribution in [0.2, 0.25) is 0 Å². The summed E-state index contributed by atoms with van der Waals surface area (Å²) in [5, 5.41) is 35.1. The Bertz CT molecular complexity index is 1500. The second-order valence-electron chi connectivity index (χ2n) is 17.0. The van der Waals surface area contributed by atoms with E-state index >= 15 is 0 Å². The molecular formula is C41H59NO8. The summed E-state index contributed by atoms with van der Waals surface area (Å²) >= 11 is 0. The molecule has 7 aliphatic rings. The van der Waals surface area contributed by atoms with Crippen LogP contribution in [-0.4, -0.2) is 81.7 Å². The number of aliphatic hydroxyl groups excluding tert-OH is 3. The van der Waals surface area contributed by atoms with Crippen LogP contribution in [0, 0.1) is 23.2 Å². The molecule has 0 aromatic carbocycles. The number of rotatable bonds is 1. The number of carbonyl (C=O) groups excluding carboxylic acids is 1. The molecule has 0 saturated carbocycles. The predicted octanol–water partition coefficient (Wildman–Crippen LogP) is 6.41. The van der Waals surface area contributed by atoms with Crippen molar-refractivity contribution in [2.75, 3.05) is 6.54 Å². The van der Waals surface area contributed by atoms with Gasteiger partial charge >= 0.3 is 5.97 Å². The number of fused-ring (bicyclic) bond motifs is 2. The van der Waals surface area contributed by atoms with Gasteiger partial charge in [0.25, 0.3) is 0 Å². The molecule has 3 spiro atoms. The Morgan fingerprint density at radius 3 is 2.44 bits per heavy atom. The van der Waals surface area contributed by atoms with Gasteiger partial charge in [-0.05, 0) is 108 Å². The lowest BCUT2D eigenvalue weighted by Gasteiger charge is -2.48. The number of ether oxygens (including phenoxy) is 4. The summed E-state index contributed by atoms with van der Waals surface area (Å²) in [6, 6.07) is 0. The summed E-state index contributed by atoms with van der Waals surface area (Å²) in [4.78, 5) is 17.8. The van der Waals surface area contributed by atoms with Crippen molar-refractivity contribution in [3.05, 3.63) is 46.6 Å². The molecule has 9 nitrogen and oxygen atoms in total. The molecule has 3 fully saturated rings. The van der Waals surface area contributed by atoms with E-state index in [1.54, 1.807) is 6.92 Å². The van der Waals surface area contributed by atoms with Gasteiger partial charge in [0.15, 0.2) is 11.6 Å². The quantitative estimate of drug-likeness (QED) is 0.213. The Labute approximate surface area is 297 Å². The third kappa shape index (κ3) is 6.53.